The highest BCUT2D eigenvalue weighted by atomic mass is 16.3. The van der Waals surface area contributed by atoms with Crippen LogP contribution in [0.1, 0.15) is 60.1 Å². The standard InChI is InChI=1S/C32H36N4O2/c37-29(32-15-21-12-22(16-32)14-23(13-21)17-32)18-33-30-27-10-11-36(19-28(27)34-20-35-30)31(38)26-8-6-25(7-9-26)24-4-2-1-3-5-24/h1-9,20-23,29,37H,10-19H2,(H,33,34,35). The third-order valence-corrected chi connectivity index (χ3v) is 9.79. The number of hydrogen-bond donors (Lipinski definition) is 2. The molecule has 6 heteroatoms. The Balaban J connectivity index is 1.01. The fourth-order valence-corrected chi connectivity index (χ4v) is 8.29. The Labute approximate surface area is 224 Å². The summed E-state index contributed by atoms with van der Waals surface area (Å²) in [7, 11) is 0. The molecule has 1 atom stereocenters. The van der Waals surface area contributed by atoms with Crippen molar-refractivity contribution in [3.8, 4) is 11.1 Å². The van der Waals surface area contributed by atoms with E-state index in [1.54, 1.807) is 6.33 Å². The van der Waals surface area contributed by atoms with Crippen molar-refractivity contribution < 1.29 is 9.90 Å². The maximum atomic E-state index is 13.3. The van der Waals surface area contributed by atoms with E-state index < -0.39 is 0 Å². The summed E-state index contributed by atoms with van der Waals surface area (Å²) in [5.74, 6) is 3.31. The van der Waals surface area contributed by atoms with Gasteiger partial charge in [0.25, 0.3) is 5.91 Å². The first-order valence-electron chi connectivity index (χ1n) is 14.3. The van der Waals surface area contributed by atoms with Crippen LogP contribution in [0, 0.1) is 23.2 Å². The summed E-state index contributed by atoms with van der Waals surface area (Å²) in [6, 6.07) is 18.1. The number of carbonyl (C=O) groups excluding carboxylic acids is 1. The molecule has 4 saturated carbocycles. The lowest BCUT2D eigenvalue weighted by Crippen LogP contribution is -2.53. The van der Waals surface area contributed by atoms with Gasteiger partial charge in [-0.2, -0.15) is 0 Å². The highest BCUT2D eigenvalue weighted by molar-refractivity contribution is 5.94. The monoisotopic (exact) mass is 508 g/mol. The van der Waals surface area contributed by atoms with Crippen molar-refractivity contribution >= 4 is 11.7 Å². The topological polar surface area (TPSA) is 78.4 Å². The second kappa shape index (κ2) is 9.49. The zero-order valence-electron chi connectivity index (χ0n) is 21.9. The van der Waals surface area contributed by atoms with Crippen molar-refractivity contribution in [1.29, 1.82) is 0 Å². The van der Waals surface area contributed by atoms with Gasteiger partial charge in [-0.15, -0.1) is 0 Å². The van der Waals surface area contributed by atoms with Gasteiger partial charge in [0.1, 0.15) is 12.1 Å². The summed E-state index contributed by atoms with van der Waals surface area (Å²) in [5.41, 5.74) is 5.00. The molecule has 4 fully saturated rings. The minimum Gasteiger partial charge on any atom is -0.391 e. The van der Waals surface area contributed by atoms with Crippen LogP contribution in [-0.2, 0) is 13.0 Å². The van der Waals surface area contributed by atoms with Crippen LogP contribution in [0.5, 0.6) is 0 Å². The van der Waals surface area contributed by atoms with Crippen LogP contribution in [0.3, 0.4) is 0 Å². The highest BCUT2D eigenvalue weighted by Gasteiger charge is 2.53. The van der Waals surface area contributed by atoms with Gasteiger partial charge < -0.3 is 15.3 Å². The van der Waals surface area contributed by atoms with E-state index in [-0.39, 0.29) is 17.4 Å². The summed E-state index contributed by atoms with van der Waals surface area (Å²) in [6.07, 6.45) is 9.65. The van der Waals surface area contributed by atoms with Crippen molar-refractivity contribution in [2.24, 2.45) is 23.2 Å². The smallest absolute Gasteiger partial charge is 0.254 e. The van der Waals surface area contributed by atoms with Gasteiger partial charge in [0.15, 0.2) is 0 Å². The average molecular weight is 509 g/mol. The summed E-state index contributed by atoms with van der Waals surface area (Å²) >= 11 is 0. The molecule has 8 rings (SSSR count). The van der Waals surface area contributed by atoms with Crippen LogP contribution in [0.2, 0.25) is 0 Å². The van der Waals surface area contributed by atoms with E-state index in [0.29, 0.717) is 31.6 Å². The third-order valence-electron chi connectivity index (χ3n) is 9.79. The number of benzene rings is 2. The molecule has 6 nitrogen and oxygen atoms in total. The first-order chi connectivity index (χ1) is 18.6. The van der Waals surface area contributed by atoms with Gasteiger partial charge in [0, 0.05) is 24.2 Å². The lowest BCUT2D eigenvalue weighted by molar-refractivity contribution is -0.115. The molecule has 2 aromatic carbocycles. The van der Waals surface area contributed by atoms with Crippen molar-refractivity contribution in [3.05, 3.63) is 77.7 Å². The second-order valence-electron chi connectivity index (χ2n) is 12.2. The minimum absolute atomic E-state index is 0.0284. The molecule has 5 aliphatic rings. The zero-order valence-corrected chi connectivity index (χ0v) is 21.9. The third kappa shape index (κ3) is 4.29. The van der Waals surface area contributed by atoms with Crippen LogP contribution in [0.25, 0.3) is 11.1 Å². The van der Waals surface area contributed by atoms with E-state index in [2.05, 4.69) is 27.4 Å². The number of amides is 1. The van der Waals surface area contributed by atoms with Gasteiger partial charge in [-0.25, -0.2) is 9.97 Å². The Morgan fingerprint density at radius 2 is 1.61 bits per heavy atom. The quantitative estimate of drug-likeness (QED) is 0.471. The molecule has 0 saturated heterocycles. The van der Waals surface area contributed by atoms with Gasteiger partial charge in [0.2, 0.25) is 0 Å². The Hall–Kier alpha value is -3.25. The molecular weight excluding hydrogens is 472 g/mol. The first kappa shape index (κ1) is 23.8. The van der Waals surface area contributed by atoms with Gasteiger partial charge in [-0.3, -0.25) is 4.79 Å². The molecule has 2 N–H and O–H groups in total. The van der Waals surface area contributed by atoms with E-state index in [9.17, 15) is 9.90 Å². The van der Waals surface area contributed by atoms with Crippen LogP contribution < -0.4 is 5.32 Å². The molecule has 1 aromatic heterocycles. The maximum Gasteiger partial charge on any atom is 0.254 e. The Morgan fingerprint density at radius 3 is 2.29 bits per heavy atom. The lowest BCUT2D eigenvalue weighted by Gasteiger charge is -2.58. The first-order valence-corrected chi connectivity index (χ1v) is 14.3. The SMILES string of the molecule is O=C(c1ccc(-c2ccccc2)cc1)N1CCc2c(ncnc2NCC(O)C23CC4CC(CC(C4)C2)C3)C1. The number of carbonyl (C=O) groups is 1. The zero-order chi connectivity index (χ0) is 25.7. The number of nitrogens with zero attached hydrogens (tertiary/aromatic N) is 3. The van der Waals surface area contributed by atoms with Crippen molar-refractivity contribution in [2.75, 3.05) is 18.4 Å². The number of anilines is 1. The maximum absolute atomic E-state index is 13.3. The van der Waals surface area contributed by atoms with E-state index >= 15 is 0 Å². The molecule has 4 bridgehead atoms. The summed E-state index contributed by atoms with van der Waals surface area (Å²) in [4.78, 5) is 24.2. The van der Waals surface area contributed by atoms with Crippen LogP contribution in [0.15, 0.2) is 60.9 Å². The van der Waals surface area contributed by atoms with Crippen molar-refractivity contribution in [2.45, 2.75) is 57.6 Å². The second-order valence-corrected chi connectivity index (χ2v) is 12.2. The summed E-state index contributed by atoms with van der Waals surface area (Å²) in [5, 5.41) is 14.8. The number of nitrogens with one attached hydrogen (secondary N) is 1. The number of fused-ring (bicyclic) bond motifs is 1. The molecular formula is C32H36N4O2. The van der Waals surface area contributed by atoms with E-state index in [0.717, 1.165) is 46.0 Å². The van der Waals surface area contributed by atoms with Gasteiger partial charge in [-0.05, 0) is 91.4 Å². The Morgan fingerprint density at radius 1 is 0.947 bits per heavy atom. The van der Waals surface area contributed by atoms with Crippen LogP contribution in [-0.4, -0.2) is 45.1 Å². The molecule has 3 aromatic rings. The average Bonchev–Trinajstić information content (AvgIpc) is 2.95. The largest absolute Gasteiger partial charge is 0.391 e. The summed E-state index contributed by atoms with van der Waals surface area (Å²) in [6.45, 7) is 1.64. The fourth-order valence-electron chi connectivity index (χ4n) is 8.29. The number of aliphatic hydroxyl groups excluding tert-OH is 1. The molecule has 196 valence electrons. The summed E-state index contributed by atoms with van der Waals surface area (Å²) < 4.78 is 0. The van der Waals surface area contributed by atoms with Crippen LogP contribution >= 0.6 is 0 Å². The number of rotatable bonds is 6. The van der Waals surface area contributed by atoms with Gasteiger partial charge >= 0.3 is 0 Å². The van der Waals surface area contributed by atoms with E-state index in [4.69, 9.17) is 0 Å². The van der Waals surface area contributed by atoms with E-state index in [1.165, 1.54) is 38.5 Å². The van der Waals surface area contributed by atoms with Crippen molar-refractivity contribution in [1.82, 2.24) is 14.9 Å². The predicted octanol–water partition coefficient (Wildman–Crippen LogP) is 5.33. The highest BCUT2D eigenvalue weighted by Crippen LogP contribution is 2.61. The Kier molecular flexibility index (Phi) is 5.96. The molecule has 2 heterocycles. The molecule has 4 aliphatic carbocycles. The number of aromatic nitrogens is 2. The normalized spacial score (nSPS) is 28.1. The van der Waals surface area contributed by atoms with Gasteiger partial charge in [-0.1, -0.05) is 42.5 Å². The minimum atomic E-state index is -0.345. The predicted molar refractivity (Wildman–Crippen MR) is 147 cm³/mol. The molecule has 38 heavy (non-hydrogen) atoms. The molecule has 0 radical (unpaired) electrons. The Bertz CT molecular complexity index is 1290. The lowest BCUT2D eigenvalue weighted by atomic mass is 9.48. The molecule has 1 unspecified atom stereocenters. The van der Waals surface area contributed by atoms with Gasteiger partial charge in [0.05, 0.1) is 18.3 Å². The van der Waals surface area contributed by atoms with E-state index in [1.807, 2.05) is 47.4 Å². The molecule has 0 spiro atoms. The molecule has 1 aliphatic heterocycles. The van der Waals surface area contributed by atoms with Crippen LogP contribution in [0.4, 0.5) is 5.82 Å². The number of aliphatic hydroxyl groups is 1. The molecule has 1 amide bonds. The van der Waals surface area contributed by atoms with Crippen molar-refractivity contribution in [3.63, 3.8) is 0 Å². The number of hydrogen-bond acceptors (Lipinski definition) is 5. The fraction of sp³-hybridized carbons (Fsp3) is 0.469.